The largest absolute Gasteiger partial charge is 0.362 e. The van der Waals surface area contributed by atoms with Gasteiger partial charge in [-0.1, -0.05) is 24.3 Å². The Kier molecular flexibility index (Phi) is 3.74. The lowest BCUT2D eigenvalue weighted by molar-refractivity contribution is 0.862. The maximum atomic E-state index is 5.30. The summed E-state index contributed by atoms with van der Waals surface area (Å²) in [5.74, 6) is 6.54. The van der Waals surface area contributed by atoms with Crippen molar-refractivity contribution in [3.05, 3.63) is 47.8 Å². The molecule has 4 N–H and O–H groups in total. The molecule has 1 atom stereocenters. The van der Waals surface area contributed by atoms with Gasteiger partial charge in [0, 0.05) is 0 Å². The van der Waals surface area contributed by atoms with Crippen molar-refractivity contribution in [2.45, 2.75) is 19.9 Å². The van der Waals surface area contributed by atoms with Crippen molar-refractivity contribution >= 4 is 11.6 Å². The SMILES string of the molecule is Cc1ccccc1C(C)Nc1cncc(NN)n1. The van der Waals surface area contributed by atoms with E-state index >= 15 is 0 Å². The number of benzene rings is 1. The van der Waals surface area contributed by atoms with E-state index in [0.29, 0.717) is 11.6 Å². The van der Waals surface area contributed by atoms with Crippen LogP contribution in [0.4, 0.5) is 11.6 Å². The van der Waals surface area contributed by atoms with Gasteiger partial charge < -0.3 is 10.7 Å². The van der Waals surface area contributed by atoms with Crippen LogP contribution in [0.15, 0.2) is 36.7 Å². The van der Waals surface area contributed by atoms with Gasteiger partial charge >= 0.3 is 0 Å². The van der Waals surface area contributed by atoms with E-state index in [-0.39, 0.29) is 6.04 Å². The fraction of sp³-hybridized carbons (Fsp3) is 0.231. The zero-order valence-electron chi connectivity index (χ0n) is 10.5. The van der Waals surface area contributed by atoms with Crippen molar-refractivity contribution in [1.82, 2.24) is 9.97 Å². The van der Waals surface area contributed by atoms with Gasteiger partial charge in [0.1, 0.15) is 5.82 Å². The highest BCUT2D eigenvalue weighted by molar-refractivity contribution is 5.43. The molecular weight excluding hydrogens is 226 g/mol. The zero-order chi connectivity index (χ0) is 13.0. The van der Waals surface area contributed by atoms with Gasteiger partial charge in [0.05, 0.1) is 18.4 Å². The highest BCUT2D eigenvalue weighted by Crippen LogP contribution is 2.20. The van der Waals surface area contributed by atoms with Crippen LogP contribution in [0.5, 0.6) is 0 Å². The van der Waals surface area contributed by atoms with Crippen molar-refractivity contribution in [1.29, 1.82) is 0 Å². The summed E-state index contributed by atoms with van der Waals surface area (Å²) in [6.45, 7) is 4.18. The predicted octanol–water partition coefficient (Wildman–Crippen LogP) is 2.24. The number of aromatic nitrogens is 2. The molecule has 1 heterocycles. The molecule has 0 spiro atoms. The number of nitrogens with zero attached hydrogens (tertiary/aromatic N) is 2. The van der Waals surface area contributed by atoms with E-state index in [1.54, 1.807) is 12.4 Å². The Morgan fingerprint density at radius 2 is 1.89 bits per heavy atom. The number of anilines is 2. The molecule has 0 aliphatic carbocycles. The molecule has 0 radical (unpaired) electrons. The van der Waals surface area contributed by atoms with Gasteiger partial charge in [-0.05, 0) is 25.0 Å². The maximum Gasteiger partial charge on any atom is 0.160 e. The summed E-state index contributed by atoms with van der Waals surface area (Å²) in [4.78, 5) is 8.33. The summed E-state index contributed by atoms with van der Waals surface area (Å²) in [6.07, 6.45) is 3.25. The smallest absolute Gasteiger partial charge is 0.160 e. The molecule has 0 aliphatic heterocycles. The van der Waals surface area contributed by atoms with Crippen molar-refractivity contribution in [3.63, 3.8) is 0 Å². The number of rotatable bonds is 4. The third-order valence-electron chi connectivity index (χ3n) is 2.80. The first-order valence-corrected chi connectivity index (χ1v) is 5.81. The van der Waals surface area contributed by atoms with Crippen LogP contribution in [0.25, 0.3) is 0 Å². The average Bonchev–Trinajstić information content (AvgIpc) is 2.39. The van der Waals surface area contributed by atoms with Gasteiger partial charge in [-0.2, -0.15) is 0 Å². The number of nitrogens with one attached hydrogen (secondary N) is 2. The van der Waals surface area contributed by atoms with Gasteiger partial charge in [0.15, 0.2) is 5.82 Å². The summed E-state index contributed by atoms with van der Waals surface area (Å²) >= 11 is 0. The third kappa shape index (κ3) is 2.75. The standard InChI is InChI=1S/C13H17N5/c1-9-5-3-4-6-11(9)10(2)16-12-7-15-8-13(17-12)18-14/h3-8,10H,14H2,1-2H3,(H2,16,17,18). The van der Waals surface area contributed by atoms with Gasteiger partial charge in [-0.15, -0.1) is 0 Å². The molecule has 0 saturated carbocycles. The van der Waals surface area contributed by atoms with E-state index in [1.165, 1.54) is 11.1 Å². The Morgan fingerprint density at radius 1 is 1.17 bits per heavy atom. The number of hydrogen-bond acceptors (Lipinski definition) is 5. The minimum Gasteiger partial charge on any atom is -0.362 e. The Hall–Kier alpha value is -2.14. The first kappa shape index (κ1) is 12.3. The molecule has 2 rings (SSSR count). The zero-order valence-corrected chi connectivity index (χ0v) is 10.5. The van der Waals surface area contributed by atoms with Crippen LogP contribution in [0, 0.1) is 6.92 Å². The second-order valence-corrected chi connectivity index (χ2v) is 4.16. The van der Waals surface area contributed by atoms with Crippen LogP contribution in [0.1, 0.15) is 24.1 Å². The number of aryl methyl sites for hydroxylation is 1. The van der Waals surface area contributed by atoms with Crippen molar-refractivity contribution in [2.75, 3.05) is 10.7 Å². The Morgan fingerprint density at radius 3 is 2.61 bits per heavy atom. The van der Waals surface area contributed by atoms with Gasteiger partial charge in [0.2, 0.25) is 0 Å². The number of nitrogens with two attached hydrogens (primary N) is 1. The highest BCUT2D eigenvalue weighted by Gasteiger charge is 2.08. The summed E-state index contributed by atoms with van der Waals surface area (Å²) in [5.41, 5.74) is 4.97. The van der Waals surface area contributed by atoms with Crippen molar-refractivity contribution in [3.8, 4) is 0 Å². The fourth-order valence-corrected chi connectivity index (χ4v) is 1.88. The summed E-state index contributed by atoms with van der Waals surface area (Å²) in [6, 6.07) is 8.42. The fourth-order valence-electron chi connectivity index (χ4n) is 1.88. The van der Waals surface area contributed by atoms with Crippen LogP contribution >= 0.6 is 0 Å². The highest BCUT2D eigenvalue weighted by atomic mass is 15.3. The van der Waals surface area contributed by atoms with E-state index in [4.69, 9.17) is 5.84 Å². The molecule has 0 fully saturated rings. The monoisotopic (exact) mass is 243 g/mol. The lowest BCUT2D eigenvalue weighted by Gasteiger charge is -2.17. The molecule has 5 nitrogen and oxygen atoms in total. The quantitative estimate of drug-likeness (QED) is 0.567. The number of nitrogen functional groups attached to an aromatic ring is 1. The van der Waals surface area contributed by atoms with Crippen molar-refractivity contribution in [2.24, 2.45) is 5.84 Å². The van der Waals surface area contributed by atoms with E-state index in [0.717, 1.165) is 0 Å². The molecule has 1 aromatic heterocycles. The lowest BCUT2D eigenvalue weighted by atomic mass is 10.0. The van der Waals surface area contributed by atoms with E-state index < -0.39 is 0 Å². The molecule has 94 valence electrons. The van der Waals surface area contributed by atoms with E-state index in [9.17, 15) is 0 Å². The number of hydrogen-bond donors (Lipinski definition) is 3. The minimum atomic E-state index is 0.161. The molecule has 2 aromatic rings. The van der Waals surface area contributed by atoms with Crippen LogP contribution in [-0.2, 0) is 0 Å². The molecule has 0 aliphatic rings. The Balaban J connectivity index is 2.16. The summed E-state index contributed by atoms with van der Waals surface area (Å²) in [5, 5.41) is 3.30. The lowest BCUT2D eigenvalue weighted by Crippen LogP contribution is -2.13. The van der Waals surface area contributed by atoms with Crippen LogP contribution in [-0.4, -0.2) is 9.97 Å². The predicted molar refractivity (Wildman–Crippen MR) is 73.1 cm³/mol. The van der Waals surface area contributed by atoms with Gasteiger partial charge in [-0.3, -0.25) is 4.98 Å². The molecule has 5 heteroatoms. The molecule has 0 amide bonds. The average molecular weight is 243 g/mol. The minimum absolute atomic E-state index is 0.161. The molecule has 1 aromatic carbocycles. The van der Waals surface area contributed by atoms with Crippen LogP contribution in [0.3, 0.4) is 0 Å². The third-order valence-corrected chi connectivity index (χ3v) is 2.80. The topological polar surface area (TPSA) is 75.9 Å². The van der Waals surface area contributed by atoms with E-state index in [2.05, 4.69) is 46.7 Å². The van der Waals surface area contributed by atoms with Crippen LogP contribution in [0.2, 0.25) is 0 Å². The molecular formula is C13H17N5. The van der Waals surface area contributed by atoms with Crippen LogP contribution < -0.4 is 16.6 Å². The van der Waals surface area contributed by atoms with Gasteiger partial charge in [-0.25, -0.2) is 10.8 Å². The van der Waals surface area contributed by atoms with Gasteiger partial charge in [0.25, 0.3) is 0 Å². The molecule has 1 unspecified atom stereocenters. The molecule has 0 bridgehead atoms. The second-order valence-electron chi connectivity index (χ2n) is 4.16. The first-order valence-electron chi connectivity index (χ1n) is 5.81. The molecule has 18 heavy (non-hydrogen) atoms. The first-order chi connectivity index (χ1) is 8.70. The summed E-state index contributed by atoms with van der Waals surface area (Å²) in [7, 11) is 0. The van der Waals surface area contributed by atoms with Crippen molar-refractivity contribution < 1.29 is 0 Å². The Bertz CT molecular complexity index is 526. The van der Waals surface area contributed by atoms with E-state index in [1.807, 2.05) is 12.1 Å². The number of hydrazine groups is 1. The second kappa shape index (κ2) is 5.46. The Labute approximate surface area is 106 Å². The normalized spacial score (nSPS) is 11.9. The maximum absolute atomic E-state index is 5.30. The summed E-state index contributed by atoms with van der Waals surface area (Å²) < 4.78 is 0. The molecule has 0 saturated heterocycles.